The van der Waals surface area contributed by atoms with Gasteiger partial charge in [-0.25, -0.2) is 4.98 Å². The number of carbonyl (C=O) groups excluding carboxylic acids is 1. The van der Waals surface area contributed by atoms with Gasteiger partial charge < -0.3 is 14.2 Å². The molecular weight excluding hydrogens is 292 g/mol. The number of hydrogen-bond acceptors (Lipinski definition) is 4. The summed E-state index contributed by atoms with van der Waals surface area (Å²) in [6, 6.07) is 13.5. The van der Waals surface area contributed by atoms with E-state index in [4.69, 9.17) is 8.83 Å². The first-order chi connectivity index (χ1) is 11.3. The number of benzene rings is 1. The molecule has 0 unspecified atom stereocenters. The molecule has 5 heteroatoms. The lowest BCUT2D eigenvalue weighted by molar-refractivity contribution is -0.122. The molecule has 0 spiro atoms. The van der Waals surface area contributed by atoms with Crippen molar-refractivity contribution in [2.45, 2.75) is 18.9 Å². The van der Waals surface area contributed by atoms with Gasteiger partial charge in [0.2, 0.25) is 11.8 Å². The Bertz CT molecular complexity index is 793. The summed E-state index contributed by atoms with van der Waals surface area (Å²) >= 11 is 0. The maximum absolute atomic E-state index is 12.1. The molecule has 5 nitrogen and oxygen atoms in total. The summed E-state index contributed by atoms with van der Waals surface area (Å²) in [6.45, 7) is 0.299. The lowest BCUT2D eigenvalue weighted by Gasteiger charge is -2.01. The molecule has 1 aliphatic carbocycles. The maximum Gasteiger partial charge on any atom is 0.224 e. The van der Waals surface area contributed by atoms with Crippen molar-refractivity contribution in [2.75, 3.05) is 0 Å². The van der Waals surface area contributed by atoms with E-state index in [1.54, 1.807) is 12.5 Å². The number of amides is 1. The van der Waals surface area contributed by atoms with Gasteiger partial charge in [-0.15, -0.1) is 0 Å². The second kappa shape index (κ2) is 5.76. The first-order valence-electron chi connectivity index (χ1n) is 7.62. The van der Waals surface area contributed by atoms with Crippen molar-refractivity contribution in [1.82, 2.24) is 10.3 Å². The van der Waals surface area contributed by atoms with Gasteiger partial charge in [0.25, 0.3) is 0 Å². The van der Waals surface area contributed by atoms with Gasteiger partial charge in [0.15, 0.2) is 5.76 Å². The average Bonchev–Trinajstić information content (AvgIpc) is 3.02. The van der Waals surface area contributed by atoms with E-state index in [0.29, 0.717) is 18.2 Å². The van der Waals surface area contributed by atoms with E-state index >= 15 is 0 Å². The minimum atomic E-state index is -0.00953. The Balaban J connectivity index is 1.33. The topological polar surface area (TPSA) is 68.3 Å². The minimum Gasteiger partial charge on any atom is -0.469 e. The van der Waals surface area contributed by atoms with Crippen LogP contribution in [0.5, 0.6) is 0 Å². The van der Waals surface area contributed by atoms with E-state index in [1.807, 2.05) is 42.5 Å². The molecule has 1 aliphatic rings. The van der Waals surface area contributed by atoms with Crippen molar-refractivity contribution in [3.05, 3.63) is 66.6 Å². The third kappa shape index (κ3) is 2.90. The van der Waals surface area contributed by atoms with Crippen molar-refractivity contribution in [2.24, 2.45) is 5.92 Å². The van der Waals surface area contributed by atoms with Crippen LogP contribution in [0.3, 0.4) is 0 Å². The van der Waals surface area contributed by atoms with Crippen LogP contribution in [0.1, 0.15) is 24.0 Å². The molecule has 2 heterocycles. The second-order valence-electron chi connectivity index (χ2n) is 5.67. The first-order valence-corrected chi connectivity index (χ1v) is 7.62. The number of nitrogens with zero attached hydrogens (tertiary/aromatic N) is 1. The van der Waals surface area contributed by atoms with Gasteiger partial charge in [-0.05, 0) is 18.6 Å². The van der Waals surface area contributed by atoms with Gasteiger partial charge in [0.1, 0.15) is 5.76 Å². The second-order valence-corrected chi connectivity index (χ2v) is 5.67. The number of aromatic nitrogens is 1. The van der Waals surface area contributed by atoms with Crippen LogP contribution < -0.4 is 5.32 Å². The summed E-state index contributed by atoms with van der Waals surface area (Å²) in [7, 11) is 0. The minimum absolute atomic E-state index is 0.00953. The van der Waals surface area contributed by atoms with Crippen LogP contribution in [0, 0.1) is 5.92 Å². The predicted molar refractivity (Wildman–Crippen MR) is 83.3 cm³/mol. The standard InChI is InChI=1S/C18H16N2O3/c21-18(14-9-13(14)15-7-4-8-22-15)20-11-17-19-10-16(23-17)12-5-2-1-3-6-12/h1-8,10,13-14H,9,11H2,(H,20,21)/t13-,14+/m0/s1. The lowest BCUT2D eigenvalue weighted by Crippen LogP contribution is -2.24. The number of furan rings is 1. The van der Waals surface area contributed by atoms with Gasteiger partial charge in [0.05, 0.1) is 19.0 Å². The Morgan fingerprint density at radius 3 is 2.87 bits per heavy atom. The molecule has 1 aromatic carbocycles. The van der Waals surface area contributed by atoms with Crippen LogP contribution in [-0.4, -0.2) is 10.9 Å². The average molecular weight is 308 g/mol. The van der Waals surface area contributed by atoms with Crippen LogP contribution >= 0.6 is 0 Å². The predicted octanol–water partition coefficient (Wildman–Crippen LogP) is 3.35. The molecule has 0 radical (unpaired) electrons. The SMILES string of the molecule is O=C(NCc1ncc(-c2ccccc2)o1)[C@@H]1C[C@@H]1c1ccco1. The van der Waals surface area contributed by atoms with E-state index in [9.17, 15) is 4.79 Å². The normalized spacial score (nSPS) is 19.5. The molecule has 2 atom stereocenters. The van der Waals surface area contributed by atoms with Crippen molar-refractivity contribution in [1.29, 1.82) is 0 Å². The third-order valence-corrected chi connectivity index (χ3v) is 4.06. The molecule has 2 aromatic heterocycles. The molecule has 23 heavy (non-hydrogen) atoms. The zero-order chi connectivity index (χ0) is 15.6. The van der Waals surface area contributed by atoms with Gasteiger partial charge in [-0.1, -0.05) is 30.3 Å². The third-order valence-electron chi connectivity index (χ3n) is 4.06. The van der Waals surface area contributed by atoms with E-state index in [0.717, 1.165) is 17.7 Å². The van der Waals surface area contributed by atoms with Crippen molar-refractivity contribution in [3.63, 3.8) is 0 Å². The number of nitrogens with one attached hydrogen (secondary N) is 1. The van der Waals surface area contributed by atoms with Crippen molar-refractivity contribution >= 4 is 5.91 Å². The number of carbonyl (C=O) groups is 1. The molecule has 1 saturated carbocycles. The number of oxazole rings is 1. The summed E-state index contributed by atoms with van der Waals surface area (Å²) in [5, 5.41) is 2.88. The molecule has 4 rings (SSSR count). The van der Waals surface area contributed by atoms with Crippen LogP contribution in [0.4, 0.5) is 0 Å². The van der Waals surface area contributed by atoms with Gasteiger partial charge in [0, 0.05) is 17.4 Å². The highest BCUT2D eigenvalue weighted by atomic mass is 16.4. The van der Waals surface area contributed by atoms with E-state index in [1.165, 1.54) is 0 Å². The number of hydrogen-bond donors (Lipinski definition) is 1. The van der Waals surface area contributed by atoms with Crippen LogP contribution in [0.15, 0.2) is 63.8 Å². The molecule has 0 saturated heterocycles. The Labute approximate surface area is 133 Å². The van der Waals surface area contributed by atoms with Crippen molar-refractivity contribution < 1.29 is 13.6 Å². The van der Waals surface area contributed by atoms with E-state index in [2.05, 4.69) is 10.3 Å². The van der Waals surface area contributed by atoms with E-state index in [-0.39, 0.29) is 17.7 Å². The van der Waals surface area contributed by atoms with Gasteiger partial charge in [-0.3, -0.25) is 4.79 Å². The maximum atomic E-state index is 12.1. The molecule has 0 bridgehead atoms. The Kier molecular flexibility index (Phi) is 3.46. The summed E-state index contributed by atoms with van der Waals surface area (Å²) in [5.41, 5.74) is 0.970. The summed E-state index contributed by atoms with van der Waals surface area (Å²) in [5.74, 6) is 2.31. The quantitative estimate of drug-likeness (QED) is 0.785. The summed E-state index contributed by atoms with van der Waals surface area (Å²) in [6.07, 6.45) is 4.15. The lowest BCUT2D eigenvalue weighted by atomic mass is 10.2. The number of rotatable bonds is 5. The molecule has 1 fully saturated rings. The zero-order valence-electron chi connectivity index (χ0n) is 12.4. The Hall–Kier alpha value is -2.82. The monoisotopic (exact) mass is 308 g/mol. The van der Waals surface area contributed by atoms with Gasteiger partial charge >= 0.3 is 0 Å². The fraction of sp³-hybridized carbons (Fsp3) is 0.222. The van der Waals surface area contributed by atoms with Gasteiger partial charge in [-0.2, -0.15) is 0 Å². The van der Waals surface area contributed by atoms with Crippen LogP contribution in [0.25, 0.3) is 11.3 Å². The largest absolute Gasteiger partial charge is 0.469 e. The summed E-state index contributed by atoms with van der Waals surface area (Å²) < 4.78 is 11.0. The Morgan fingerprint density at radius 2 is 2.09 bits per heavy atom. The molecule has 3 aromatic rings. The van der Waals surface area contributed by atoms with Crippen molar-refractivity contribution in [3.8, 4) is 11.3 Å². The molecular formula is C18H16N2O3. The summed E-state index contributed by atoms with van der Waals surface area (Å²) in [4.78, 5) is 16.4. The molecule has 1 N–H and O–H groups in total. The Morgan fingerprint density at radius 1 is 1.22 bits per heavy atom. The fourth-order valence-electron chi connectivity index (χ4n) is 2.72. The van der Waals surface area contributed by atoms with Crippen LogP contribution in [-0.2, 0) is 11.3 Å². The fourth-order valence-corrected chi connectivity index (χ4v) is 2.72. The zero-order valence-corrected chi connectivity index (χ0v) is 12.4. The van der Waals surface area contributed by atoms with Crippen LogP contribution in [0.2, 0.25) is 0 Å². The molecule has 116 valence electrons. The highest BCUT2D eigenvalue weighted by Gasteiger charge is 2.45. The molecule has 1 amide bonds. The highest BCUT2D eigenvalue weighted by Crippen LogP contribution is 2.47. The van der Waals surface area contributed by atoms with E-state index < -0.39 is 0 Å². The molecule has 0 aliphatic heterocycles. The highest BCUT2D eigenvalue weighted by molar-refractivity contribution is 5.82. The first kappa shape index (κ1) is 13.8. The smallest absolute Gasteiger partial charge is 0.224 e.